The van der Waals surface area contributed by atoms with Crippen LogP contribution in [0.25, 0.3) is 10.8 Å². The molecule has 0 fully saturated rings. The van der Waals surface area contributed by atoms with E-state index in [0.717, 1.165) is 11.1 Å². The van der Waals surface area contributed by atoms with Crippen LogP contribution in [0.2, 0.25) is 0 Å². The van der Waals surface area contributed by atoms with Gasteiger partial charge in [-0.25, -0.2) is 4.39 Å². The van der Waals surface area contributed by atoms with Crippen LogP contribution in [0.1, 0.15) is 28.2 Å². The number of fused-ring (bicyclic) bond motifs is 1. The molecule has 1 radical (unpaired) electrons. The van der Waals surface area contributed by atoms with Gasteiger partial charge in [0.05, 0.1) is 0 Å². The summed E-state index contributed by atoms with van der Waals surface area (Å²) in [7, 11) is 0. The summed E-state index contributed by atoms with van der Waals surface area (Å²) in [5.74, 6) is 0.967. The van der Waals surface area contributed by atoms with Crippen LogP contribution in [-0.2, 0) is 0 Å². The highest BCUT2D eigenvalue weighted by Crippen LogP contribution is 2.42. The molecule has 0 aromatic heterocycles. The van der Waals surface area contributed by atoms with Crippen molar-refractivity contribution in [2.24, 2.45) is 0 Å². The summed E-state index contributed by atoms with van der Waals surface area (Å²) < 4.78 is 13.8. The zero-order chi connectivity index (χ0) is 21.0. The second-order valence-corrected chi connectivity index (χ2v) is 7.74. The predicted molar refractivity (Wildman–Crippen MR) is 127 cm³/mol. The van der Waals surface area contributed by atoms with Gasteiger partial charge in [0.1, 0.15) is 5.82 Å². The molecular weight excluding hydrogens is 379 g/mol. The maximum absolute atomic E-state index is 13.8. The van der Waals surface area contributed by atoms with E-state index in [4.69, 9.17) is 0 Å². The molecule has 0 atom stereocenters. The molecule has 0 aliphatic heterocycles. The van der Waals surface area contributed by atoms with Crippen LogP contribution in [0.15, 0.2) is 127 Å². The number of hydrogen-bond acceptors (Lipinski definition) is 0. The van der Waals surface area contributed by atoms with Gasteiger partial charge in [-0.15, -0.1) is 0 Å². The second kappa shape index (κ2) is 8.57. The highest BCUT2D eigenvalue weighted by Gasteiger charge is 2.29. The third kappa shape index (κ3) is 4.00. The molecule has 0 amide bonds. The average molecular weight is 402 g/mol. The first-order chi connectivity index (χ1) is 15.3. The third-order valence-electron chi connectivity index (χ3n) is 5.77. The van der Waals surface area contributed by atoms with E-state index in [0.29, 0.717) is 0 Å². The van der Waals surface area contributed by atoms with Crippen molar-refractivity contribution in [2.75, 3.05) is 0 Å². The van der Waals surface area contributed by atoms with Crippen molar-refractivity contribution < 1.29 is 4.39 Å². The molecular formula is C30H22F. The smallest absolute Gasteiger partial charge is 0.123 e. The minimum absolute atomic E-state index is 0.0222. The molecule has 0 aliphatic carbocycles. The minimum atomic E-state index is -0.224. The lowest BCUT2D eigenvalue weighted by Gasteiger charge is -2.29. The maximum Gasteiger partial charge on any atom is 0.123 e. The Balaban J connectivity index is 1.75. The first-order valence-corrected chi connectivity index (χ1v) is 10.5. The van der Waals surface area contributed by atoms with E-state index in [9.17, 15) is 4.39 Å². The molecule has 0 N–H and O–H groups in total. The Morgan fingerprint density at radius 3 is 1.61 bits per heavy atom. The van der Waals surface area contributed by atoms with Gasteiger partial charge in [0.2, 0.25) is 0 Å². The molecule has 0 aliphatic rings. The fraction of sp³-hybridized carbons (Fsp3) is 0.0333. The van der Waals surface area contributed by atoms with Crippen molar-refractivity contribution in [1.82, 2.24) is 0 Å². The fourth-order valence-corrected chi connectivity index (χ4v) is 4.30. The van der Waals surface area contributed by atoms with Gasteiger partial charge in [0.15, 0.2) is 0 Å². The van der Waals surface area contributed by atoms with Crippen molar-refractivity contribution in [3.63, 3.8) is 0 Å². The average Bonchev–Trinajstić information content (AvgIpc) is 2.84. The van der Waals surface area contributed by atoms with Crippen molar-refractivity contribution in [3.05, 3.63) is 161 Å². The summed E-state index contributed by atoms with van der Waals surface area (Å²) in [5.41, 5.74) is 4.58. The van der Waals surface area contributed by atoms with Crippen LogP contribution < -0.4 is 0 Å². The molecule has 1 heteroatoms. The summed E-state index contributed by atoms with van der Waals surface area (Å²) in [5, 5.41) is 2.40. The topological polar surface area (TPSA) is 0 Å². The van der Waals surface area contributed by atoms with E-state index in [1.807, 2.05) is 24.3 Å². The van der Waals surface area contributed by atoms with Gasteiger partial charge in [0, 0.05) is 11.8 Å². The van der Waals surface area contributed by atoms with E-state index >= 15 is 0 Å². The third-order valence-corrected chi connectivity index (χ3v) is 5.77. The normalized spacial score (nSPS) is 11.3. The Labute approximate surface area is 182 Å². The number of rotatable bonds is 5. The molecule has 5 aromatic carbocycles. The lowest BCUT2D eigenvalue weighted by molar-refractivity contribution is 0.627. The quantitative estimate of drug-likeness (QED) is 0.282. The van der Waals surface area contributed by atoms with E-state index in [2.05, 4.69) is 91.0 Å². The van der Waals surface area contributed by atoms with E-state index < -0.39 is 0 Å². The van der Waals surface area contributed by atoms with Gasteiger partial charge in [-0.2, -0.15) is 0 Å². The molecule has 0 bridgehead atoms. The van der Waals surface area contributed by atoms with Crippen molar-refractivity contribution in [3.8, 4) is 0 Å². The molecule has 0 unspecified atom stereocenters. The summed E-state index contributed by atoms with van der Waals surface area (Å²) in [6.45, 7) is 0. The Hall–Kier alpha value is -3.71. The summed E-state index contributed by atoms with van der Waals surface area (Å²) in [6.07, 6.45) is 0. The molecule has 0 nitrogen and oxygen atoms in total. The molecule has 0 spiro atoms. The first kappa shape index (κ1) is 19.3. The largest absolute Gasteiger partial charge is 0.207 e. The zero-order valence-electron chi connectivity index (χ0n) is 17.1. The van der Waals surface area contributed by atoms with Crippen molar-refractivity contribution in [1.29, 1.82) is 0 Å². The lowest BCUT2D eigenvalue weighted by Crippen LogP contribution is -2.15. The van der Waals surface area contributed by atoms with Gasteiger partial charge < -0.3 is 0 Å². The zero-order valence-corrected chi connectivity index (χ0v) is 17.1. The lowest BCUT2D eigenvalue weighted by atomic mass is 9.73. The van der Waals surface area contributed by atoms with Crippen LogP contribution in [0.5, 0.6) is 0 Å². The monoisotopic (exact) mass is 401 g/mol. The highest BCUT2D eigenvalue weighted by atomic mass is 19.1. The van der Waals surface area contributed by atoms with Gasteiger partial charge >= 0.3 is 0 Å². The number of halogens is 1. The highest BCUT2D eigenvalue weighted by molar-refractivity contribution is 5.84. The van der Waals surface area contributed by atoms with E-state index in [1.165, 1.54) is 27.8 Å². The van der Waals surface area contributed by atoms with Gasteiger partial charge in [-0.3, -0.25) is 0 Å². The first-order valence-electron chi connectivity index (χ1n) is 10.5. The van der Waals surface area contributed by atoms with Gasteiger partial charge in [-0.05, 0) is 45.2 Å². The Morgan fingerprint density at radius 2 is 1.00 bits per heavy atom. The summed E-state index contributed by atoms with van der Waals surface area (Å²) in [6, 6.07) is 42.9. The fourth-order valence-electron chi connectivity index (χ4n) is 4.30. The predicted octanol–water partition coefficient (Wildman–Crippen LogP) is 7.78. The van der Waals surface area contributed by atoms with Gasteiger partial charge in [0.25, 0.3) is 0 Å². The molecule has 5 aromatic rings. The number of benzene rings is 5. The molecule has 31 heavy (non-hydrogen) atoms. The Bertz CT molecular complexity index is 1240. The number of hydrogen-bond donors (Lipinski definition) is 0. The Morgan fingerprint density at radius 1 is 0.484 bits per heavy atom. The molecule has 0 saturated carbocycles. The Kier molecular flexibility index (Phi) is 5.33. The standard InChI is InChI=1S/C30H22F/c31-28-19-17-25(18-20-28)30(27-16-15-22-9-7-8-14-26(22)21-27)29(23-10-3-1-4-11-23)24-12-5-2-6-13-24/h1-21,29H. The van der Waals surface area contributed by atoms with Crippen LogP contribution in [0, 0.1) is 11.7 Å². The van der Waals surface area contributed by atoms with Crippen molar-refractivity contribution >= 4 is 10.8 Å². The van der Waals surface area contributed by atoms with Crippen LogP contribution in [0.4, 0.5) is 4.39 Å². The minimum Gasteiger partial charge on any atom is -0.207 e. The van der Waals surface area contributed by atoms with Crippen LogP contribution in [0.3, 0.4) is 0 Å². The summed E-state index contributed by atoms with van der Waals surface area (Å²) in [4.78, 5) is 0. The molecule has 0 saturated heterocycles. The molecule has 149 valence electrons. The molecule has 5 rings (SSSR count). The molecule has 0 heterocycles. The van der Waals surface area contributed by atoms with Crippen molar-refractivity contribution in [2.45, 2.75) is 5.92 Å². The second-order valence-electron chi connectivity index (χ2n) is 7.74. The van der Waals surface area contributed by atoms with Crippen LogP contribution in [-0.4, -0.2) is 0 Å². The van der Waals surface area contributed by atoms with Gasteiger partial charge in [-0.1, -0.05) is 115 Å². The van der Waals surface area contributed by atoms with E-state index in [-0.39, 0.29) is 11.7 Å². The van der Waals surface area contributed by atoms with E-state index in [1.54, 1.807) is 12.1 Å². The summed E-state index contributed by atoms with van der Waals surface area (Å²) >= 11 is 0. The maximum atomic E-state index is 13.8. The SMILES string of the molecule is Fc1ccc([C](c2ccc3ccccc3c2)C(c2ccccc2)c2ccccc2)cc1. The van der Waals surface area contributed by atoms with Crippen LogP contribution >= 0.6 is 0 Å².